The highest BCUT2D eigenvalue weighted by Crippen LogP contribution is 2.06. The zero-order chi connectivity index (χ0) is 6.57. The molecule has 0 saturated carbocycles. The first kappa shape index (κ1) is 7.92. The summed E-state index contributed by atoms with van der Waals surface area (Å²) >= 11 is 0. The summed E-state index contributed by atoms with van der Waals surface area (Å²) in [5, 5.41) is 0. The molecule has 0 saturated heterocycles. The van der Waals surface area contributed by atoms with Crippen molar-refractivity contribution in [2.75, 3.05) is 14.2 Å². The Morgan fingerprint density at radius 3 is 1.50 bits per heavy atom. The molecule has 0 rings (SSSR count). The second-order valence-corrected chi connectivity index (χ2v) is 1.88. The van der Waals surface area contributed by atoms with Crippen molar-refractivity contribution in [1.82, 2.24) is 0 Å². The lowest BCUT2D eigenvalue weighted by molar-refractivity contribution is -0.0889. The molecule has 1 radical (unpaired) electrons. The minimum atomic E-state index is -0.130. The van der Waals surface area contributed by atoms with Gasteiger partial charge in [-0.1, -0.05) is 13.8 Å². The molecule has 0 aliphatic heterocycles. The average molecular weight is 117 g/mol. The van der Waals surface area contributed by atoms with Crippen LogP contribution in [0.2, 0.25) is 0 Å². The molecule has 0 amide bonds. The van der Waals surface area contributed by atoms with Crippen LogP contribution in [0.25, 0.3) is 0 Å². The zero-order valence-electron chi connectivity index (χ0n) is 5.89. The van der Waals surface area contributed by atoms with Crippen molar-refractivity contribution < 1.29 is 9.47 Å². The lowest BCUT2D eigenvalue weighted by Crippen LogP contribution is -2.17. The Kier molecular flexibility index (Phi) is 3.83. The third-order valence-corrected chi connectivity index (χ3v) is 0.900. The van der Waals surface area contributed by atoms with Crippen molar-refractivity contribution in [2.24, 2.45) is 0 Å². The summed E-state index contributed by atoms with van der Waals surface area (Å²) in [5.41, 5.74) is 0. The van der Waals surface area contributed by atoms with E-state index in [1.165, 1.54) is 0 Å². The van der Waals surface area contributed by atoms with Gasteiger partial charge in [-0.25, -0.2) is 0 Å². The van der Waals surface area contributed by atoms with Gasteiger partial charge in [-0.05, 0) is 0 Å². The lowest BCUT2D eigenvalue weighted by atomic mass is 10.2. The molecule has 49 valence electrons. The standard InChI is InChI=1S/C6H13O2/c1-5(2)6(7-3)8-4/h6H,1-4H3. The van der Waals surface area contributed by atoms with E-state index in [9.17, 15) is 0 Å². The Balaban J connectivity index is 3.35. The summed E-state index contributed by atoms with van der Waals surface area (Å²) in [6.45, 7) is 3.94. The molecule has 0 spiro atoms. The second kappa shape index (κ2) is 3.87. The maximum absolute atomic E-state index is 4.90. The first-order chi connectivity index (χ1) is 3.72. The number of hydrogen-bond acceptors (Lipinski definition) is 2. The van der Waals surface area contributed by atoms with Crippen LogP contribution in [0.4, 0.5) is 0 Å². The number of methoxy groups -OCH3 is 2. The SMILES string of the molecule is COC(OC)[C](C)C. The number of hydrogen-bond donors (Lipinski definition) is 0. The van der Waals surface area contributed by atoms with Gasteiger partial charge >= 0.3 is 0 Å². The molecule has 0 bridgehead atoms. The molecule has 2 nitrogen and oxygen atoms in total. The van der Waals surface area contributed by atoms with Crippen molar-refractivity contribution in [3.05, 3.63) is 5.92 Å². The fourth-order valence-corrected chi connectivity index (χ4v) is 0.568. The molecule has 0 fully saturated rings. The van der Waals surface area contributed by atoms with Crippen molar-refractivity contribution in [3.8, 4) is 0 Å². The van der Waals surface area contributed by atoms with E-state index < -0.39 is 0 Å². The molecular weight excluding hydrogens is 104 g/mol. The topological polar surface area (TPSA) is 18.5 Å². The molecule has 0 aliphatic carbocycles. The van der Waals surface area contributed by atoms with E-state index in [1.807, 2.05) is 13.8 Å². The van der Waals surface area contributed by atoms with Gasteiger partial charge in [0.1, 0.15) is 0 Å². The Morgan fingerprint density at radius 2 is 1.50 bits per heavy atom. The summed E-state index contributed by atoms with van der Waals surface area (Å²) < 4.78 is 9.80. The Hall–Kier alpha value is -0.0800. The van der Waals surface area contributed by atoms with E-state index in [0.717, 1.165) is 5.92 Å². The van der Waals surface area contributed by atoms with Crippen LogP contribution in [0, 0.1) is 5.92 Å². The van der Waals surface area contributed by atoms with E-state index in [4.69, 9.17) is 9.47 Å². The minimum Gasteiger partial charge on any atom is -0.355 e. The zero-order valence-corrected chi connectivity index (χ0v) is 5.89. The Labute approximate surface area is 50.8 Å². The van der Waals surface area contributed by atoms with E-state index in [1.54, 1.807) is 14.2 Å². The number of rotatable bonds is 3. The van der Waals surface area contributed by atoms with Crippen LogP contribution in [0.3, 0.4) is 0 Å². The molecule has 0 aromatic rings. The van der Waals surface area contributed by atoms with Crippen LogP contribution >= 0.6 is 0 Å². The van der Waals surface area contributed by atoms with Crippen LogP contribution in [0.5, 0.6) is 0 Å². The molecule has 2 heteroatoms. The summed E-state index contributed by atoms with van der Waals surface area (Å²) in [5.74, 6) is 1.13. The smallest absolute Gasteiger partial charge is 0.162 e. The third-order valence-electron chi connectivity index (χ3n) is 0.900. The molecule has 0 heterocycles. The molecule has 8 heavy (non-hydrogen) atoms. The van der Waals surface area contributed by atoms with Crippen LogP contribution in [-0.4, -0.2) is 20.5 Å². The van der Waals surface area contributed by atoms with Gasteiger partial charge in [-0.3, -0.25) is 0 Å². The molecular formula is C6H13O2. The summed E-state index contributed by atoms with van der Waals surface area (Å²) in [6.07, 6.45) is -0.130. The highest BCUT2D eigenvalue weighted by Gasteiger charge is 2.09. The number of ether oxygens (including phenoxy) is 2. The van der Waals surface area contributed by atoms with Gasteiger partial charge in [0.05, 0.1) is 0 Å². The van der Waals surface area contributed by atoms with Crippen LogP contribution in [0.1, 0.15) is 13.8 Å². The maximum atomic E-state index is 4.90. The lowest BCUT2D eigenvalue weighted by Gasteiger charge is -2.15. The fourth-order valence-electron chi connectivity index (χ4n) is 0.568. The molecule has 0 aromatic heterocycles. The molecule has 0 N–H and O–H groups in total. The van der Waals surface area contributed by atoms with Gasteiger partial charge in [0.25, 0.3) is 0 Å². The quantitative estimate of drug-likeness (QED) is 0.517. The normalized spacial score (nSPS) is 11.2. The Bertz CT molecular complexity index is 48.5. The van der Waals surface area contributed by atoms with Crippen LogP contribution in [0.15, 0.2) is 0 Å². The first-order valence-corrected chi connectivity index (χ1v) is 2.58. The predicted molar refractivity (Wildman–Crippen MR) is 32.4 cm³/mol. The molecule has 0 aliphatic rings. The Morgan fingerprint density at radius 1 is 1.12 bits per heavy atom. The predicted octanol–water partition coefficient (Wildman–Crippen LogP) is 1.22. The average Bonchev–Trinajstić information content (AvgIpc) is 1.69. The fraction of sp³-hybridized carbons (Fsp3) is 0.833. The van der Waals surface area contributed by atoms with Crippen LogP contribution in [-0.2, 0) is 9.47 Å². The summed E-state index contributed by atoms with van der Waals surface area (Å²) in [4.78, 5) is 0. The highest BCUT2D eigenvalue weighted by molar-refractivity contribution is 4.80. The van der Waals surface area contributed by atoms with Crippen molar-refractivity contribution in [1.29, 1.82) is 0 Å². The van der Waals surface area contributed by atoms with Crippen molar-refractivity contribution >= 4 is 0 Å². The highest BCUT2D eigenvalue weighted by atomic mass is 16.7. The minimum absolute atomic E-state index is 0.130. The van der Waals surface area contributed by atoms with E-state index in [0.29, 0.717) is 0 Å². The van der Waals surface area contributed by atoms with E-state index in [-0.39, 0.29) is 6.29 Å². The van der Waals surface area contributed by atoms with Gasteiger partial charge in [-0.2, -0.15) is 0 Å². The van der Waals surface area contributed by atoms with Crippen molar-refractivity contribution in [3.63, 3.8) is 0 Å². The summed E-state index contributed by atoms with van der Waals surface area (Å²) in [6, 6.07) is 0. The first-order valence-electron chi connectivity index (χ1n) is 2.58. The van der Waals surface area contributed by atoms with Gasteiger partial charge in [0.2, 0.25) is 0 Å². The molecule has 0 atom stereocenters. The van der Waals surface area contributed by atoms with Gasteiger partial charge in [-0.15, -0.1) is 0 Å². The maximum Gasteiger partial charge on any atom is 0.162 e. The molecule has 0 unspecified atom stereocenters. The van der Waals surface area contributed by atoms with E-state index in [2.05, 4.69) is 0 Å². The van der Waals surface area contributed by atoms with Crippen LogP contribution < -0.4 is 0 Å². The monoisotopic (exact) mass is 117 g/mol. The van der Waals surface area contributed by atoms with Gasteiger partial charge < -0.3 is 9.47 Å². The largest absolute Gasteiger partial charge is 0.355 e. The summed E-state index contributed by atoms with van der Waals surface area (Å²) in [7, 11) is 3.25. The third kappa shape index (κ3) is 2.28. The second-order valence-electron chi connectivity index (χ2n) is 1.88. The molecule has 0 aromatic carbocycles. The van der Waals surface area contributed by atoms with Gasteiger partial charge in [0, 0.05) is 20.1 Å². The van der Waals surface area contributed by atoms with E-state index >= 15 is 0 Å². The van der Waals surface area contributed by atoms with Gasteiger partial charge in [0.15, 0.2) is 6.29 Å². The van der Waals surface area contributed by atoms with Crippen molar-refractivity contribution in [2.45, 2.75) is 20.1 Å².